The summed E-state index contributed by atoms with van der Waals surface area (Å²) in [6, 6.07) is 4.55. The molecule has 2 aliphatic carbocycles. The van der Waals surface area contributed by atoms with Crippen molar-refractivity contribution in [1.29, 1.82) is 0 Å². The lowest BCUT2D eigenvalue weighted by atomic mass is 10.1. The second-order valence-corrected chi connectivity index (χ2v) is 13.2. The second kappa shape index (κ2) is 16.1. The number of aliphatic carboxylic acids is 1. The Morgan fingerprint density at radius 1 is 1.17 bits per heavy atom. The Morgan fingerprint density at radius 3 is 2.57 bits per heavy atom. The number of carbonyl (C=O) groups is 5. The summed E-state index contributed by atoms with van der Waals surface area (Å²) < 4.78 is 5.77. The summed E-state index contributed by atoms with van der Waals surface area (Å²) in [4.78, 5) is 72.6. The van der Waals surface area contributed by atoms with E-state index in [1.165, 1.54) is 16.7 Å². The Labute approximate surface area is 276 Å². The third-order valence-electron chi connectivity index (χ3n) is 9.38. The highest BCUT2D eigenvalue weighted by Gasteiger charge is 2.63. The molecule has 13 heteroatoms. The number of amides is 5. The molecule has 5 atom stereocenters. The number of carboxylic acid groups (broad SMARTS) is 1. The van der Waals surface area contributed by atoms with Crippen LogP contribution in [0.4, 0.5) is 9.59 Å². The topological polar surface area (TPSA) is 170 Å². The van der Waals surface area contributed by atoms with E-state index >= 15 is 0 Å². The van der Waals surface area contributed by atoms with Crippen LogP contribution in [-0.4, -0.2) is 100 Å². The summed E-state index contributed by atoms with van der Waals surface area (Å²) in [7, 11) is 1.61. The molecule has 2 saturated carbocycles. The smallest absolute Gasteiger partial charge is 0.410 e. The minimum atomic E-state index is -1.57. The van der Waals surface area contributed by atoms with E-state index in [2.05, 4.69) is 27.9 Å². The zero-order chi connectivity index (χ0) is 34.1. The van der Waals surface area contributed by atoms with Gasteiger partial charge < -0.3 is 35.6 Å². The first kappa shape index (κ1) is 35.7. The van der Waals surface area contributed by atoms with Crippen molar-refractivity contribution in [2.45, 2.75) is 127 Å². The maximum absolute atomic E-state index is 13.7. The molecule has 1 aromatic rings. The van der Waals surface area contributed by atoms with Crippen LogP contribution in [0.2, 0.25) is 0 Å². The van der Waals surface area contributed by atoms with Crippen LogP contribution in [0, 0.1) is 6.92 Å². The van der Waals surface area contributed by atoms with Gasteiger partial charge in [0.25, 0.3) is 0 Å². The van der Waals surface area contributed by atoms with Crippen LogP contribution in [0.15, 0.2) is 29.3 Å². The highest BCUT2D eigenvalue weighted by molar-refractivity contribution is 5.96. The van der Waals surface area contributed by atoms with Crippen molar-refractivity contribution < 1.29 is 33.8 Å². The monoisotopic (exact) mass is 654 g/mol. The molecule has 258 valence electrons. The van der Waals surface area contributed by atoms with E-state index in [0.717, 1.165) is 62.5 Å². The Kier molecular flexibility index (Phi) is 12.2. The van der Waals surface area contributed by atoms with E-state index in [0.29, 0.717) is 6.54 Å². The molecule has 1 heterocycles. The Morgan fingerprint density at radius 2 is 1.89 bits per heavy atom. The molecular formula is C34H50N6O7. The van der Waals surface area contributed by atoms with Crippen molar-refractivity contribution in [3.8, 4) is 0 Å². The fourth-order valence-corrected chi connectivity index (χ4v) is 6.35. The molecule has 0 radical (unpaired) electrons. The molecule has 0 aromatic heterocycles. The average Bonchev–Trinajstić information content (AvgIpc) is 3.31. The molecular weight excluding hydrogens is 604 g/mol. The second-order valence-electron chi connectivity index (χ2n) is 13.2. The molecule has 0 bridgehead atoms. The summed E-state index contributed by atoms with van der Waals surface area (Å²) in [5.74, 6) is -2.40. The molecule has 13 nitrogen and oxygen atoms in total. The SMILES string of the molecule is CCCCCC=N[C@@H]1C[C@]1(NC(=O)[C@@H]1C[C@@H](OC(=O)N(C)Cc2ccccc2C)CN1C(=O)[C@H](C)NC(=O)NC1CCCC1)C(=O)O. The van der Waals surface area contributed by atoms with E-state index in [4.69, 9.17) is 4.74 Å². The quantitative estimate of drug-likeness (QED) is 0.176. The number of hydrogen-bond donors (Lipinski definition) is 4. The number of rotatable bonds is 14. The fourth-order valence-electron chi connectivity index (χ4n) is 6.35. The van der Waals surface area contributed by atoms with Gasteiger partial charge in [0.15, 0.2) is 5.54 Å². The number of urea groups is 1. The van der Waals surface area contributed by atoms with Crippen LogP contribution in [-0.2, 0) is 25.7 Å². The number of likely N-dealkylation sites (tertiary alicyclic amines) is 1. The van der Waals surface area contributed by atoms with Crippen molar-refractivity contribution >= 4 is 36.1 Å². The average molecular weight is 655 g/mol. The number of aryl methyl sites for hydroxylation is 1. The maximum Gasteiger partial charge on any atom is 0.410 e. The fraction of sp³-hybridized carbons (Fsp3) is 0.647. The minimum Gasteiger partial charge on any atom is -0.479 e. The molecule has 1 aromatic carbocycles. The largest absolute Gasteiger partial charge is 0.479 e. The van der Waals surface area contributed by atoms with Gasteiger partial charge in [0.05, 0.1) is 12.6 Å². The number of hydrogen-bond acceptors (Lipinski definition) is 7. The molecule has 3 fully saturated rings. The zero-order valence-electron chi connectivity index (χ0n) is 28.0. The van der Waals surface area contributed by atoms with Gasteiger partial charge >= 0.3 is 18.1 Å². The lowest BCUT2D eigenvalue weighted by Crippen LogP contribution is -2.57. The van der Waals surface area contributed by atoms with Gasteiger partial charge in [0.2, 0.25) is 11.8 Å². The van der Waals surface area contributed by atoms with Crippen LogP contribution < -0.4 is 16.0 Å². The Hall–Kier alpha value is -4.16. The predicted octanol–water partition coefficient (Wildman–Crippen LogP) is 3.53. The Bertz CT molecular complexity index is 1330. The first-order chi connectivity index (χ1) is 22.4. The predicted molar refractivity (Wildman–Crippen MR) is 176 cm³/mol. The van der Waals surface area contributed by atoms with Gasteiger partial charge in [0, 0.05) is 32.5 Å². The van der Waals surface area contributed by atoms with Gasteiger partial charge in [0.1, 0.15) is 18.2 Å². The van der Waals surface area contributed by atoms with Crippen LogP contribution in [0.3, 0.4) is 0 Å². The van der Waals surface area contributed by atoms with E-state index in [9.17, 15) is 29.1 Å². The summed E-state index contributed by atoms with van der Waals surface area (Å²) in [5, 5.41) is 18.3. The van der Waals surface area contributed by atoms with Gasteiger partial charge in [-0.05, 0) is 56.9 Å². The van der Waals surface area contributed by atoms with Crippen molar-refractivity contribution in [3.63, 3.8) is 0 Å². The summed E-state index contributed by atoms with van der Waals surface area (Å²) in [5.41, 5.74) is 0.408. The third-order valence-corrected chi connectivity index (χ3v) is 9.38. The lowest BCUT2D eigenvalue weighted by molar-refractivity contribution is -0.145. The first-order valence-electron chi connectivity index (χ1n) is 16.9. The summed E-state index contributed by atoms with van der Waals surface area (Å²) >= 11 is 0. The van der Waals surface area contributed by atoms with Crippen molar-refractivity contribution in [3.05, 3.63) is 35.4 Å². The number of carbonyl (C=O) groups excluding carboxylic acids is 4. The molecule has 0 unspecified atom stereocenters. The Balaban J connectivity index is 1.44. The van der Waals surface area contributed by atoms with Crippen LogP contribution >= 0.6 is 0 Å². The number of carboxylic acids is 1. The van der Waals surface area contributed by atoms with E-state index in [-0.39, 0.29) is 25.4 Å². The van der Waals surface area contributed by atoms with Crippen LogP contribution in [0.1, 0.15) is 89.2 Å². The van der Waals surface area contributed by atoms with Gasteiger partial charge in [-0.2, -0.15) is 0 Å². The van der Waals surface area contributed by atoms with Crippen molar-refractivity contribution in [2.75, 3.05) is 13.6 Å². The van der Waals surface area contributed by atoms with E-state index < -0.39 is 59.7 Å². The highest BCUT2D eigenvalue weighted by Crippen LogP contribution is 2.40. The van der Waals surface area contributed by atoms with Crippen LogP contribution in [0.25, 0.3) is 0 Å². The summed E-state index contributed by atoms with van der Waals surface area (Å²) in [6.07, 6.45) is 8.00. The first-order valence-corrected chi connectivity index (χ1v) is 16.9. The number of ether oxygens (including phenoxy) is 1. The van der Waals surface area contributed by atoms with Gasteiger partial charge in [-0.1, -0.05) is 56.9 Å². The maximum atomic E-state index is 13.7. The minimum absolute atomic E-state index is 0.0246. The number of benzene rings is 1. The van der Waals surface area contributed by atoms with Gasteiger partial charge in [-0.3, -0.25) is 14.6 Å². The molecule has 4 rings (SSSR count). The normalized spacial score (nSPS) is 24.5. The molecule has 4 N–H and O–H groups in total. The lowest BCUT2D eigenvalue weighted by Gasteiger charge is -2.28. The van der Waals surface area contributed by atoms with Crippen molar-refractivity contribution in [1.82, 2.24) is 25.8 Å². The van der Waals surface area contributed by atoms with Gasteiger partial charge in [-0.15, -0.1) is 0 Å². The van der Waals surface area contributed by atoms with Crippen LogP contribution in [0.5, 0.6) is 0 Å². The molecule has 1 aliphatic heterocycles. The number of nitrogens with one attached hydrogen (secondary N) is 3. The third kappa shape index (κ3) is 9.23. The van der Waals surface area contributed by atoms with E-state index in [1.807, 2.05) is 31.2 Å². The molecule has 5 amide bonds. The number of nitrogens with zero attached hydrogens (tertiary/aromatic N) is 3. The standard InChI is InChI=1S/C34H50N6O7/c1-5-6-7-12-17-35-28-19-34(28,31(43)44)38-29(41)27-18-26(47-33(46)39(4)20-24-14-9-8-13-22(24)2)21-40(27)30(42)23(3)36-32(45)37-25-15-10-11-16-25/h8-9,13-14,17,23,25-28H,5-7,10-12,15-16,18-21H2,1-4H3,(H,38,41)(H,43,44)(H2,36,37,45)/t23-,26+,27-,28+,34+/m0/s1. The number of aliphatic imine (C=N–C) groups is 1. The zero-order valence-corrected chi connectivity index (χ0v) is 28.0. The van der Waals surface area contributed by atoms with Crippen molar-refractivity contribution in [2.24, 2.45) is 4.99 Å². The number of unbranched alkanes of at least 4 members (excludes halogenated alkanes) is 3. The van der Waals surface area contributed by atoms with E-state index in [1.54, 1.807) is 13.3 Å². The van der Waals surface area contributed by atoms with Gasteiger partial charge in [-0.25, -0.2) is 14.4 Å². The molecule has 1 saturated heterocycles. The highest BCUT2D eigenvalue weighted by atomic mass is 16.6. The molecule has 3 aliphatic rings. The molecule has 0 spiro atoms. The molecule has 47 heavy (non-hydrogen) atoms. The summed E-state index contributed by atoms with van der Waals surface area (Å²) in [6.45, 7) is 5.80.